The maximum absolute atomic E-state index is 12.4. The molecule has 0 unspecified atom stereocenters. The van der Waals surface area contributed by atoms with Crippen molar-refractivity contribution in [1.29, 1.82) is 0 Å². The van der Waals surface area contributed by atoms with Gasteiger partial charge >= 0.3 is 6.03 Å². The molecule has 1 aliphatic rings. The zero-order valence-corrected chi connectivity index (χ0v) is 15.7. The Morgan fingerprint density at radius 2 is 1.79 bits per heavy atom. The summed E-state index contributed by atoms with van der Waals surface area (Å²) in [6.45, 7) is 11.6. The maximum Gasteiger partial charge on any atom is 0.315 e. The van der Waals surface area contributed by atoms with Crippen molar-refractivity contribution in [1.82, 2.24) is 15.5 Å². The van der Waals surface area contributed by atoms with Gasteiger partial charge in [0.2, 0.25) is 0 Å². The van der Waals surface area contributed by atoms with Crippen molar-refractivity contribution in [3.8, 4) is 0 Å². The van der Waals surface area contributed by atoms with Gasteiger partial charge in [-0.3, -0.25) is 4.90 Å². The highest BCUT2D eigenvalue weighted by molar-refractivity contribution is 5.75. The average molecular weight is 332 g/mol. The topological polar surface area (TPSA) is 44.4 Å². The fourth-order valence-corrected chi connectivity index (χ4v) is 3.44. The highest BCUT2D eigenvalue weighted by atomic mass is 16.2. The highest BCUT2D eigenvalue weighted by Gasteiger charge is 2.39. The number of hydrogen-bond acceptors (Lipinski definition) is 2. The summed E-state index contributed by atoms with van der Waals surface area (Å²) in [5.74, 6) is 0. The van der Waals surface area contributed by atoms with Crippen LogP contribution in [0.4, 0.5) is 4.79 Å². The van der Waals surface area contributed by atoms with Gasteiger partial charge in [0.25, 0.3) is 0 Å². The van der Waals surface area contributed by atoms with Crippen LogP contribution in [0.15, 0.2) is 30.3 Å². The molecule has 24 heavy (non-hydrogen) atoms. The number of benzene rings is 1. The predicted molar refractivity (Wildman–Crippen MR) is 100 cm³/mol. The van der Waals surface area contributed by atoms with E-state index in [1.165, 1.54) is 5.56 Å². The molecule has 2 N–H and O–H groups in total. The van der Waals surface area contributed by atoms with Gasteiger partial charge in [-0.15, -0.1) is 0 Å². The molecule has 2 rings (SSSR count). The minimum absolute atomic E-state index is 0.0449. The molecule has 0 saturated carbocycles. The van der Waals surface area contributed by atoms with Crippen molar-refractivity contribution >= 4 is 6.03 Å². The second-order valence-corrected chi connectivity index (χ2v) is 7.84. The molecule has 1 saturated heterocycles. The lowest BCUT2D eigenvalue weighted by Crippen LogP contribution is -2.58. The average Bonchev–Trinajstić information content (AvgIpc) is 2.55. The van der Waals surface area contributed by atoms with E-state index in [4.69, 9.17) is 0 Å². The van der Waals surface area contributed by atoms with Crippen LogP contribution in [0.5, 0.6) is 0 Å². The molecule has 0 aromatic heterocycles. The zero-order chi connectivity index (χ0) is 17.6. The molecule has 1 aromatic carbocycles. The minimum Gasteiger partial charge on any atom is -0.338 e. The summed E-state index contributed by atoms with van der Waals surface area (Å²) in [6, 6.07) is 10.4. The van der Waals surface area contributed by atoms with Gasteiger partial charge in [0.15, 0.2) is 0 Å². The first-order chi connectivity index (χ1) is 11.4. The van der Waals surface area contributed by atoms with Crippen molar-refractivity contribution in [2.75, 3.05) is 19.6 Å². The number of hydrogen-bond donors (Lipinski definition) is 2. The molecule has 1 fully saturated rings. The van der Waals surface area contributed by atoms with Crippen LogP contribution in [0, 0.1) is 0 Å². The van der Waals surface area contributed by atoms with E-state index in [-0.39, 0.29) is 17.1 Å². The van der Waals surface area contributed by atoms with E-state index in [0.717, 1.165) is 45.3 Å². The summed E-state index contributed by atoms with van der Waals surface area (Å²) in [6.07, 6.45) is 3.99. The molecule has 4 nitrogen and oxygen atoms in total. The molecule has 1 heterocycles. The number of nitrogens with zero attached hydrogens (tertiary/aromatic N) is 1. The van der Waals surface area contributed by atoms with Crippen molar-refractivity contribution < 1.29 is 4.79 Å². The molecule has 2 amide bonds. The second-order valence-electron chi connectivity index (χ2n) is 7.84. The van der Waals surface area contributed by atoms with Crippen LogP contribution < -0.4 is 10.6 Å². The fourth-order valence-electron chi connectivity index (χ4n) is 3.44. The van der Waals surface area contributed by atoms with Gasteiger partial charge in [0.1, 0.15) is 0 Å². The van der Waals surface area contributed by atoms with Crippen molar-refractivity contribution in [3.63, 3.8) is 0 Å². The number of carbonyl (C=O) groups excluding carboxylic acids is 1. The number of amides is 2. The quantitative estimate of drug-likeness (QED) is 0.804. The molecule has 0 bridgehead atoms. The van der Waals surface area contributed by atoms with Crippen LogP contribution in [0.3, 0.4) is 0 Å². The van der Waals surface area contributed by atoms with Gasteiger partial charge in [-0.25, -0.2) is 4.79 Å². The molecule has 0 spiro atoms. The second kappa shape index (κ2) is 8.02. The predicted octanol–water partition coefficient (Wildman–Crippen LogP) is 3.88. The van der Waals surface area contributed by atoms with Gasteiger partial charge in [-0.2, -0.15) is 0 Å². The van der Waals surface area contributed by atoms with Gasteiger partial charge < -0.3 is 10.6 Å². The summed E-state index contributed by atoms with van der Waals surface area (Å²) in [7, 11) is 0. The van der Waals surface area contributed by atoms with Crippen LogP contribution in [0.25, 0.3) is 0 Å². The molecule has 0 atom stereocenters. The third kappa shape index (κ3) is 4.73. The van der Waals surface area contributed by atoms with E-state index in [9.17, 15) is 4.79 Å². The van der Waals surface area contributed by atoms with Gasteiger partial charge in [-0.05, 0) is 45.6 Å². The van der Waals surface area contributed by atoms with Crippen LogP contribution >= 0.6 is 0 Å². The SMILES string of the molecule is CCCCNC(=O)NC1(c2ccccc2)CCN(C(C)(C)C)CC1. The summed E-state index contributed by atoms with van der Waals surface area (Å²) >= 11 is 0. The molecule has 1 aromatic rings. The van der Waals surface area contributed by atoms with E-state index in [2.05, 4.69) is 67.5 Å². The summed E-state index contributed by atoms with van der Waals surface area (Å²) in [4.78, 5) is 14.9. The third-order valence-corrected chi connectivity index (χ3v) is 5.06. The highest BCUT2D eigenvalue weighted by Crippen LogP contribution is 2.35. The largest absolute Gasteiger partial charge is 0.338 e. The van der Waals surface area contributed by atoms with E-state index in [1.54, 1.807) is 0 Å². The number of urea groups is 1. The van der Waals surface area contributed by atoms with Crippen LogP contribution in [-0.4, -0.2) is 36.1 Å². The van der Waals surface area contributed by atoms with Crippen LogP contribution in [-0.2, 0) is 5.54 Å². The third-order valence-electron chi connectivity index (χ3n) is 5.06. The van der Waals surface area contributed by atoms with Gasteiger partial charge in [0.05, 0.1) is 5.54 Å². The first-order valence-corrected chi connectivity index (χ1v) is 9.24. The molecular weight excluding hydrogens is 298 g/mol. The summed E-state index contributed by atoms with van der Waals surface area (Å²) < 4.78 is 0. The van der Waals surface area contributed by atoms with E-state index in [0.29, 0.717) is 0 Å². The number of unbranched alkanes of at least 4 members (excludes halogenated alkanes) is 1. The first kappa shape index (κ1) is 18.8. The Hall–Kier alpha value is -1.55. The normalized spacial score (nSPS) is 18.2. The Bertz CT molecular complexity index is 513. The standard InChI is InChI=1S/C20H33N3O/c1-5-6-14-21-18(24)22-20(17-10-8-7-9-11-17)12-15-23(16-13-20)19(2,3)4/h7-11H,5-6,12-16H2,1-4H3,(H2,21,22,24). The monoisotopic (exact) mass is 331 g/mol. The molecule has 134 valence electrons. The molecule has 0 radical (unpaired) electrons. The first-order valence-electron chi connectivity index (χ1n) is 9.24. The Morgan fingerprint density at radius 3 is 2.33 bits per heavy atom. The number of rotatable bonds is 5. The van der Waals surface area contributed by atoms with Gasteiger partial charge in [0, 0.05) is 25.2 Å². The van der Waals surface area contributed by atoms with Crippen molar-refractivity contribution in [3.05, 3.63) is 35.9 Å². The lowest BCUT2D eigenvalue weighted by Gasteiger charge is -2.47. The summed E-state index contributed by atoms with van der Waals surface area (Å²) in [5.41, 5.74) is 1.12. The van der Waals surface area contributed by atoms with Crippen molar-refractivity contribution in [2.24, 2.45) is 0 Å². The number of nitrogens with one attached hydrogen (secondary N) is 2. The Kier molecular flexibility index (Phi) is 6.27. The number of carbonyl (C=O) groups is 1. The van der Waals surface area contributed by atoms with Crippen molar-refractivity contribution in [2.45, 2.75) is 64.5 Å². The van der Waals surface area contributed by atoms with E-state index in [1.807, 2.05) is 6.07 Å². The van der Waals surface area contributed by atoms with E-state index < -0.39 is 0 Å². The van der Waals surface area contributed by atoms with Crippen LogP contribution in [0.2, 0.25) is 0 Å². The van der Waals surface area contributed by atoms with E-state index >= 15 is 0 Å². The lowest BCUT2D eigenvalue weighted by atomic mass is 9.80. The number of piperidine rings is 1. The Balaban J connectivity index is 2.11. The minimum atomic E-state index is -0.265. The van der Waals surface area contributed by atoms with Gasteiger partial charge in [-0.1, -0.05) is 43.7 Å². The maximum atomic E-state index is 12.4. The molecule has 0 aliphatic carbocycles. The Morgan fingerprint density at radius 1 is 1.17 bits per heavy atom. The zero-order valence-electron chi connectivity index (χ0n) is 15.7. The summed E-state index contributed by atoms with van der Waals surface area (Å²) in [5, 5.41) is 6.31. The Labute approximate surface area is 147 Å². The van der Waals surface area contributed by atoms with Crippen LogP contribution in [0.1, 0.15) is 58.9 Å². The smallest absolute Gasteiger partial charge is 0.315 e. The number of likely N-dealkylation sites (tertiary alicyclic amines) is 1. The fraction of sp³-hybridized carbons (Fsp3) is 0.650. The molecular formula is C20H33N3O. The lowest BCUT2D eigenvalue weighted by molar-refractivity contribution is 0.0655. The molecule has 4 heteroatoms. The molecule has 1 aliphatic heterocycles.